The molecule has 1 N–H and O–H groups in total. The third kappa shape index (κ3) is 4.19. The highest BCUT2D eigenvalue weighted by molar-refractivity contribution is 9.10. The lowest BCUT2D eigenvalue weighted by molar-refractivity contribution is -0.384. The van der Waals surface area contributed by atoms with E-state index in [0.717, 1.165) is 17.7 Å². The largest absolute Gasteiger partial charge is 0.497 e. The van der Waals surface area contributed by atoms with Crippen molar-refractivity contribution in [2.75, 3.05) is 19.0 Å². The molecule has 0 aliphatic carbocycles. The van der Waals surface area contributed by atoms with Gasteiger partial charge in [-0.2, -0.15) is 0 Å². The molecule has 0 atom stereocenters. The first kappa shape index (κ1) is 15.3. The van der Waals surface area contributed by atoms with Gasteiger partial charge < -0.3 is 10.1 Å². The second kappa shape index (κ2) is 7.08. The van der Waals surface area contributed by atoms with Crippen molar-refractivity contribution in [1.29, 1.82) is 0 Å². The SMILES string of the molecule is COc1ccc(CCNc2ccc(Br)cc2[N+](=O)[O-])cc1. The average Bonchev–Trinajstić information content (AvgIpc) is 2.49. The zero-order valence-electron chi connectivity index (χ0n) is 11.5. The summed E-state index contributed by atoms with van der Waals surface area (Å²) in [7, 11) is 1.63. The molecular formula is C15H15BrN2O3. The van der Waals surface area contributed by atoms with Crippen LogP contribution in [-0.2, 0) is 6.42 Å². The van der Waals surface area contributed by atoms with Crippen LogP contribution in [0.5, 0.6) is 5.75 Å². The lowest BCUT2D eigenvalue weighted by atomic mass is 10.1. The first-order valence-corrected chi connectivity index (χ1v) is 7.20. The highest BCUT2D eigenvalue weighted by Gasteiger charge is 2.13. The van der Waals surface area contributed by atoms with Gasteiger partial charge in [0, 0.05) is 17.1 Å². The summed E-state index contributed by atoms with van der Waals surface area (Å²) in [5.74, 6) is 0.815. The van der Waals surface area contributed by atoms with Gasteiger partial charge in [-0.3, -0.25) is 10.1 Å². The minimum absolute atomic E-state index is 0.0686. The van der Waals surface area contributed by atoms with E-state index in [0.29, 0.717) is 16.7 Å². The van der Waals surface area contributed by atoms with Crippen LogP contribution in [0.25, 0.3) is 0 Å². The molecule has 110 valence electrons. The highest BCUT2D eigenvalue weighted by atomic mass is 79.9. The second-order valence-corrected chi connectivity index (χ2v) is 5.36. The van der Waals surface area contributed by atoms with Crippen LogP contribution in [0.15, 0.2) is 46.9 Å². The van der Waals surface area contributed by atoms with Crippen molar-refractivity contribution in [2.24, 2.45) is 0 Å². The molecule has 2 rings (SSSR count). The fourth-order valence-corrected chi connectivity index (χ4v) is 2.29. The fraction of sp³-hybridized carbons (Fsp3) is 0.200. The van der Waals surface area contributed by atoms with E-state index in [2.05, 4.69) is 21.2 Å². The molecule has 2 aromatic rings. The van der Waals surface area contributed by atoms with E-state index in [1.165, 1.54) is 6.07 Å². The lowest BCUT2D eigenvalue weighted by Gasteiger charge is -2.08. The van der Waals surface area contributed by atoms with Crippen LogP contribution in [0.3, 0.4) is 0 Å². The average molecular weight is 351 g/mol. The standard InChI is InChI=1S/C15H15BrN2O3/c1-21-13-5-2-11(3-6-13)8-9-17-14-7-4-12(16)10-15(14)18(19)20/h2-7,10,17H,8-9H2,1H3. The first-order chi connectivity index (χ1) is 10.1. The van der Waals surface area contributed by atoms with E-state index < -0.39 is 0 Å². The van der Waals surface area contributed by atoms with Crippen LogP contribution in [0.4, 0.5) is 11.4 Å². The topological polar surface area (TPSA) is 64.4 Å². The number of hydrogen-bond donors (Lipinski definition) is 1. The molecule has 2 aromatic carbocycles. The van der Waals surface area contributed by atoms with Gasteiger partial charge in [-0.25, -0.2) is 0 Å². The fourth-order valence-electron chi connectivity index (χ4n) is 1.94. The monoisotopic (exact) mass is 350 g/mol. The normalized spacial score (nSPS) is 10.2. The van der Waals surface area contributed by atoms with Crippen molar-refractivity contribution in [3.8, 4) is 5.75 Å². The predicted molar refractivity (Wildman–Crippen MR) is 86.0 cm³/mol. The predicted octanol–water partition coefficient (Wildman–Crippen LogP) is 4.02. The van der Waals surface area contributed by atoms with Crippen LogP contribution in [0.1, 0.15) is 5.56 Å². The van der Waals surface area contributed by atoms with Gasteiger partial charge in [0.15, 0.2) is 0 Å². The summed E-state index contributed by atoms with van der Waals surface area (Å²) in [6, 6.07) is 12.7. The molecule has 0 aliphatic heterocycles. The Bertz CT molecular complexity index is 629. The molecule has 0 aromatic heterocycles. The number of nitro benzene ring substituents is 1. The van der Waals surface area contributed by atoms with Gasteiger partial charge in [-0.1, -0.05) is 28.1 Å². The van der Waals surface area contributed by atoms with Crippen LogP contribution in [0.2, 0.25) is 0 Å². The Morgan fingerprint density at radius 3 is 2.57 bits per heavy atom. The Hall–Kier alpha value is -2.08. The number of methoxy groups -OCH3 is 1. The summed E-state index contributed by atoms with van der Waals surface area (Å²) in [4.78, 5) is 10.6. The van der Waals surface area contributed by atoms with E-state index in [-0.39, 0.29) is 10.6 Å². The van der Waals surface area contributed by atoms with E-state index in [9.17, 15) is 10.1 Å². The third-order valence-electron chi connectivity index (χ3n) is 3.04. The maximum Gasteiger partial charge on any atom is 0.293 e. The number of nitrogens with zero attached hydrogens (tertiary/aromatic N) is 1. The van der Waals surface area contributed by atoms with E-state index in [1.807, 2.05) is 24.3 Å². The highest BCUT2D eigenvalue weighted by Crippen LogP contribution is 2.27. The minimum atomic E-state index is -0.388. The maximum absolute atomic E-state index is 11.0. The zero-order valence-corrected chi connectivity index (χ0v) is 13.1. The number of nitrogens with one attached hydrogen (secondary N) is 1. The van der Waals surface area contributed by atoms with Crippen molar-refractivity contribution in [3.05, 3.63) is 62.6 Å². The number of benzene rings is 2. The molecule has 0 radical (unpaired) electrons. The van der Waals surface area contributed by atoms with Gasteiger partial charge >= 0.3 is 0 Å². The molecule has 0 amide bonds. The number of rotatable bonds is 6. The van der Waals surface area contributed by atoms with Crippen molar-refractivity contribution in [3.63, 3.8) is 0 Å². The molecule has 21 heavy (non-hydrogen) atoms. The summed E-state index contributed by atoms with van der Waals surface area (Å²) < 4.78 is 5.79. The van der Waals surface area contributed by atoms with Gasteiger partial charge in [0.2, 0.25) is 0 Å². The van der Waals surface area contributed by atoms with Crippen molar-refractivity contribution in [2.45, 2.75) is 6.42 Å². The Labute approximate surface area is 131 Å². The van der Waals surface area contributed by atoms with Crippen LogP contribution >= 0.6 is 15.9 Å². The summed E-state index contributed by atoms with van der Waals surface area (Å²) in [6.07, 6.45) is 0.775. The van der Waals surface area contributed by atoms with Gasteiger partial charge in [0.25, 0.3) is 5.69 Å². The molecule has 0 saturated heterocycles. The van der Waals surface area contributed by atoms with E-state index in [1.54, 1.807) is 19.2 Å². The molecule has 0 bridgehead atoms. The second-order valence-electron chi connectivity index (χ2n) is 4.44. The van der Waals surface area contributed by atoms with E-state index >= 15 is 0 Å². The van der Waals surface area contributed by atoms with Gasteiger partial charge in [0.05, 0.1) is 12.0 Å². The molecule has 6 heteroatoms. The van der Waals surface area contributed by atoms with Crippen molar-refractivity contribution < 1.29 is 9.66 Å². The van der Waals surface area contributed by atoms with Gasteiger partial charge in [-0.15, -0.1) is 0 Å². The lowest BCUT2D eigenvalue weighted by Crippen LogP contribution is -2.06. The van der Waals surface area contributed by atoms with E-state index in [4.69, 9.17) is 4.74 Å². The van der Waals surface area contributed by atoms with Gasteiger partial charge in [0.1, 0.15) is 11.4 Å². The number of hydrogen-bond acceptors (Lipinski definition) is 4. The number of nitro groups is 1. The Balaban J connectivity index is 1.98. The number of anilines is 1. The number of halogens is 1. The van der Waals surface area contributed by atoms with Crippen LogP contribution in [0, 0.1) is 10.1 Å². The first-order valence-electron chi connectivity index (χ1n) is 6.41. The molecule has 0 saturated carbocycles. The molecule has 0 fully saturated rings. The number of ether oxygens (including phenoxy) is 1. The summed E-state index contributed by atoms with van der Waals surface area (Å²) in [5.41, 5.74) is 1.74. The van der Waals surface area contributed by atoms with Crippen LogP contribution in [-0.4, -0.2) is 18.6 Å². The summed E-state index contributed by atoms with van der Waals surface area (Å²) in [6.45, 7) is 0.620. The quantitative estimate of drug-likeness (QED) is 0.631. The Morgan fingerprint density at radius 2 is 1.95 bits per heavy atom. The molecule has 5 nitrogen and oxygen atoms in total. The molecule has 0 heterocycles. The summed E-state index contributed by atoms with van der Waals surface area (Å²) >= 11 is 3.24. The summed E-state index contributed by atoms with van der Waals surface area (Å²) in [5, 5.41) is 14.1. The Morgan fingerprint density at radius 1 is 1.24 bits per heavy atom. The van der Waals surface area contributed by atoms with Crippen LogP contribution < -0.4 is 10.1 Å². The minimum Gasteiger partial charge on any atom is -0.497 e. The smallest absolute Gasteiger partial charge is 0.293 e. The third-order valence-corrected chi connectivity index (χ3v) is 3.54. The Kier molecular flexibility index (Phi) is 5.16. The molecular weight excluding hydrogens is 336 g/mol. The maximum atomic E-state index is 11.0. The molecule has 0 unspecified atom stereocenters. The molecule has 0 spiro atoms. The van der Waals surface area contributed by atoms with Crippen molar-refractivity contribution >= 4 is 27.3 Å². The van der Waals surface area contributed by atoms with Crippen molar-refractivity contribution in [1.82, 2.24) is 0 Å². The zero-order chi connectivity index (χ0) is 15.2. The van der Waals surface area contributed by atoms with Gasteiger partial charge in [-0.05, 0) is 36.2 Å². The molecule has 0 aliphatic rings.